The zero-order chi connectivity index (χ0) is 49.2. The second-order valence-electron chi connectivity index (χ2n) is 20.7. The van der Waals surface area contributed by atoms with Crippen LogP contribution in [0.25, 0.3) is 11.1 Å². The maximum atomic E-state index is 12.7. The second-order valence-corrected chi connectivity index (χ2v) is 20.7. The van der Waals surface area contributed by atoms with Gasteiger partial charge in [0.1, 0.15) is 36.1 Å². The van der Waals surface area contributed by atoms with Crippen molar-refractivity contribution in [3.05, 3.63) is 117 Å². The average molecular weight is 962 g/mol. The molecule has 4 bridgehead atoms. The standard InChI is InChI=1S/C59H71N5O7/c1-5-62-49-16-10-9-12-36(49)18-19-43-38-24-25-59(30-38)31-39-26-41(66)28-53(68-4)55(39)46-21-20-45-48(34-69-35(2)65)57(71-58(45)56(46)59)47-29-52(70-42(32-61-3)33-63-40-14-7-6-8-15-40)51(67)27-37(47)13-11-17-50-44(43)22-23-54(60)64-50/h9-10,12,16,20-23,26-29,38,40,42-43,48,54,57,61-64,66-67H,5-8,13-15,18-19,24-25,30-34,60H2,1-4H3/t38-,42+,43+,48-,54?,57+,59+/m0/s1. The Hall–Kier alpha value is -6.13. The molecular formula is C59H71N5O7. The summed E-state index contributed by atoms with van der Waals surface area (Å²) >= 11 is 0. The van der Waals surface area contributed by atoms with Crippen LogP contribution in [0, 0.1) is 23.7 Å². The predicted octanol–water partition coefficient (Wildman–Crippen LogP) is 8.98. The number of esters is 1. The molecule has 1 unspecified atom stereocenters. The van der Waals surface area contributed by atoms with Gasteiger partial charge in [-0.3, -0.25) is 4.79 Å². The van der Waals surface area contributed by atoms with Gasteiger partial charge in [-0.1, -0.05) is 61.6 Å². The van der Waals surface area contributed by atoms with Gasteiger partial charge < -0.3 is 56.2 Å². The number of allylic oxidation sites excluding steroid dienone is 3. The summed E-state index contributed by atoms with van der Waals surface area (Å²) in [6.45, 7) is 5.69. The van der Waals surface area contributed by atoms with Crippen molar-refractivity contribution in [2.24, 2.45) is 17.6 Å². The average Bonchev–Trinajstić information content (AvgIpc) is 3.95. The fourth-order valence-electron chi connectivity index (χ4n) is 13.0. The number of hydrogen-bond acceptors (Lipinski definition) is 12. The first-order chi connectivity index (χ1) is 34.6. The first-order valence-corrected chi connectivity index (χ1v) is 26.1. The number of fused-ring (bicyclic) bond motifs is 6. The highest BCUT2D eigenvalue weighted by Gasteiger charge is 2.52. The molecule has 0 saturated heterocycles. The minimum atomic E-state index is -0.621. The van der Waals surface area contributed by atoms with E-state index < -0.39 is 18.2 Å². The number of dihydropyridines is 1. The molecule has 0 aromatic heterocycles. The van der Waals surface area contributed by atoms with Crippen LogP contribution in [-0.2, 0) is 34.2 Å². The van der Waals surface area contributed by atoms with Crippen molar-refractivity contribution in [3.63, 3.8) is 0 Å². The van der Waals surface area contributed by atoms with Crippen LogP contribution in [0.15, 0.2) is 84.1 Å². The van der Waals surface area contributed by atoms with Crippen LogP contribution in [-0.4, -0.2) is 74.9 Å². The highest BCUT2D eigenvalue weighted by atomic mass is 16.5. The van der Waals surface area contributed by atoms with Crippen LogP contribution in [0.3, 0.4) is 0 Å². The Bertz CT molecular complexity index is 2770. The maximum Gasteiger partial charge on any atom is 0.302 e. The van der Waals surface area contributed by atoms with Gasteiger partial charge in [-0.05, 0) is 141 Å². The minimum Gasteiger partial charge on any atom is -0.508 e. The highest BCUT2D eigenvalue weighted by molar-refractivity contribution is 5.84. The van der Waals surface area contributed by atoms with E-state index in [-0.39, 0.29) is 47.4 Å². The number of benzene rings is 4. The van der Waals surface area contributed by atoms with Crippen molar-refractivity contribution in [2.75, 3.05) is 45.7 Å². The van der Waals surface area contributed by atoms with Crippen LogP contribution in [0.2, 0.25) is 0 Å². The SMILES string of the molecule is CCNc1ccccc1CC[C@H]1C2=C(C#CCc3cc(O)c(O[C@H](CNC)CNC4CCCCC4)cc3[C@H]3Oc4c(ccc5c4[C@@]4(CC[C@H]1C4)Cc1cc(O)cc(OC)c1-5)[C@@H]3COC(C)=O)NC(N)C=C2. The Morgan fingerprint density at radius 2 is 1.85 bits per heavy atom. The molecule has 8 N–H and O–H groups in total. The Kier molecular flexibility index (Phi) is 14.3. The molecule has 0 amide bonds. The van der Waals surface area contributed by atoms with Gasteiger partial charge in [0.05, 0.1) is 24.9 Å². The number of carbonyl (C=O) groups excluding carboxylic acids is 1. The van der Waals surface area contributed by atoms with E-state index in [1.54, 1.807) is 19.2 Å². The number of aryl methyl sites for hydroxylation is 1. The Morgan fingerprint density at radius 1 is 1.00 bits per heavy atom. The lowest BCUT2D eigenvalue weighted by atomic mass is 9.64. The lowest BCUT2D eigenvalue weighted by Crippen LogP contribution is -2.43. The van der Waals surface area contributed by atoms with Gasteiger partial charge in [-0.25, -0.2) is 0 Å². The molecule has 2 fully saturated rings. The Morgan fingerprint density at radius 3 is 2.65 bits per heavy atom. The summed E-state index contributed by atoms with van der Waals surface area (Å²) in [5.74, 6) is 8.69. The van der Waals surface area contributed by atoms with E-state index in [2.05, 4.69) is 82.5 Å². The Balaban J connectivity index is 1.15. The van der Waals surface area contributed by atoms with E-state index in [4.69, 9.17) is 24.7 Å². The van der Waals surface area contributed by atoms with Gasteiger partial charge in [-0.15, -0.1) is 0 Å². The second kappa shape index (κ2) is 20.9. The van der Waals surface area contributed by atoms with Gasteiger partial charge in [0, 0.05) is 78.4 Å². The number of ether oxygens (including phenoxy) is 4. The third kappa shape index (κ3) is 9.81. The highest BCUT2D eigenvalue weighted by Crippen LogP contribution is 2.63. The van der Waals surface area contributed by atoms with E-state index in [0.717, 1.165) is 113 Å². The maximum absolute atomic E-state index is 12.7. The van der Waals surface area contributed by atoms with Gasteiger partial charge in [-0.2, -0.15) is 0 Å². The van der Waals surface area contributed by atoms with Gasteiger partial charge in [0.2, 0.25) is 0 Å². The minimum absolute atomic E-state index is 0.0217. The lowest BCUT2D eigenvalue weighted by molar-refractivity contribution is -0.141. The molecule has 7 atom stereocenters. The summed E-state index contributed by atoms with van der Waals surface area (Å²) in [7, 11) is 3.57. The molecule has 1 spiro atoms. The molecule has 2 saturated carbocycles. The van der Waals surface area contributed by atoms with E-state index in [0.29, 0.717) is 43.5 Å². The number of phenols is 2. The number of anilines is 1. The number of nitrogens with one attached hydrogen (secondary N) is 4. The number of nitrogens with two attached hydrogens (primary N) is 1. The summed E-state index contributed by atoms with van der Waals surface area (Å²) in [4.78, 5) is 12.7. The van der Waals surface area contributed by atoms with Crippen molar-refractivity contribution in [1.82, 2.24) is 16.0 Å². The van der Waals surface area contributed by atoms with E-state index in [1.807, 2.05) is 25.3 Å². The molecule has 3 heterocycles. The summed E-state index contributed by atoms with van der Waals surface area (Å²) in [5, 5.41) is 37.3. The number of carbonyl (C=O) groups is 1. The first kappa shape index (κ1) is 48.5. The van der Waals surface area contributed by atoms with Crippen LogP contribution < -0.4 is 41.2 Å². The molecule has 6 aliphatic rings. The quantitative estimate of drug-likeness (QED) is 0.0447. The van der Waals surface area contributed by atoms with Crippen LogP contribution in [0.1, 0.15) is 117 Å². The molecule has 12 heteroatoms. The largest absolute Gasteiger partial charge is 0.508 e. The van der Waals surface area contributed by atoms with E-state index in [9.17, 15) is 15.0 Å². The van der Waals surface area contributed by atoms with Gasteiger partial charge >= 0.3 is 5.97 Å². The third-order valence-corrected chi connectivity index (χ3v) is 16.2. The summed E-state index contributed by atoms with van der Waals surface area (Å²) in [6.07, 6.45) is 14.4. The monoisotopic (exact) mass is 962 g/mol. The number of methoxy groups -OCH3 is 1. The first-order valence-electron chi connectivity index (χ1n) is 26.1. The molecule has 12 nitrogen and oxygen atoms in total. The van der Waals surface area contributed by atoms with Gasteiger partial charge in [0.25, 0.3) is 0 Å². The predicted molar refractivity (Wildman–Crippen MR) is 278 cm³/mol. The normalized spacial score (nSPS) is 24.4. The number of phenolic OH excluding ortho intramolecular Hbond substituents is 2. The summed E-state index contributed by atoms with van der Waals surface area (Å²) in [5.41, 5.74) is 17.4. The van der Waals surface area contributed by atoms with Crippen molar-refractivity contribution >= 4 is 11.7 Å². The number of hydrogen-bond donors (Lipinski definition) is 7. The fraction of sp³-hybridized carbons (Fsp3) is 0.475. The van der Waals surface area contributed by atoms with Crippen LogP contribution in [0.4, 0.5) is 5.69 Å². The number of rotatable bonds is 15. The van der Waals surface area contributed by atoms with E-state index >= 15 is 0 Å². The number of aromatic hydroxyl groups is 2. The number of para-hydroxylation sites is 1. The smallest absolute Gasteiger partial charge is 0.302 e. The summed E-state index contributed by atoms with van der Waals surface area (Å²) in [6, 6.07) is 20.7. The molecule has 3 aliphatic carbocycles. The molecule has 71 heavy (non-hydrogen) atoms. The Labute approximate surface area is 419 Å². The molecule has 3 aliphatic heterocycles. The summed E-state index contributed by atoms with van der Waals surface area (Å²) < 4.78 is 26.3. The van der Waals surface area contributed by atoms with Crippen molar-refractivity contribution < 1.29 is 34.0 Å². The van der Waals surface area contributed by atoms with Crippen molar-refractivity contribution in [2.45, 2.75) is 127 Å². The zero-order valence-electron chi connectivity index (χ0n) is 41.8. The van der Waals surface area contributed by atoms with Gasteiger partial charge in [0.15, 0.2) is 11.5 Å². The molecular weight excluding hydrogens is 891 g/mol. The van der Waals surface area contributed by atoms with Crippen LogP contribution >= 0.6 is 0 Å². The zero-order valence-corrected chi connectivity index (χ0v) is 41.8. The third-order valence-electron chi connectivity index (χ3n) is 16.2. The van der Waals surface area contributed by atoms with E-state index in [1.165, 1.54) is 31.7 Å². The van der Waals surface area contributed by atoms with Crippen molar-refractivity contribution in [3.8, 4) is 51.7 Å². The van der Waals surface area contributed by atoms with Crippen molar-refractivity contribution in [1.29, 1.82) is 0 Å². The number of likely N-dealkylation sites (N-methyl/N-ethyl adjacent to an activating group) is 1. The molecule has 4 aromatic carbocycles. The molecule has 10 rings (SSSR count). The van der Waals surface area contributed by atoms with Crippen LogP contribution in [0.5, 0.6) is 28.7 Å². The fourth-order valence-corrected chi connectivity index (χ4v) is 13.0. The molecule has 374 valence electrons. The molecule has 4 aromatic rings. The lowest BCUT2D eigenvalue weighted by Gasteiger charge is -2.40. The molecule has 0 radical (unpaired) electrons. The topological polar surface area (TPSA) is 169 Å².